The predicted octanol–water partition coefficient (Wildman–Crippen LogP) is 4.01. The second kappa shape index (κ2) is 9.41. The molecule has 170 valence electrons. The zero-order valence-electron chi connectivity index (χ0n) is 18.5. The molecule has 1 fully saturated rings. The minimum absolute atomic E-state index is 0.0919. The first-order valence-electron chi connectivity index (χ1n) is 10.5. The van der Waals surface area contributed by atoms with E-state index in [2.05, 4.69) is 15.6 Å². The highest BCUT2D eigenvalue weighted by Gasteiger charge is 2.36. The SMILES string of the molecule is COc1ccc(C)cc1N1CC(C(=O)Nc2nc(C)c(C(=O)Nc3ccccc3)s2)CC1=O. The quantitative estimate of drug-likeness (QED) is 0.574. The second-order valence-electron chi connectivity index (χ2n) is 7.82. The number of amides is 3. The zero-order chi connectivity index (χ0) is 23.5. The van der Waals surface area contributed by atoms with Crippen LogP contribution in [-0.2, 0) is 9.59 Å². The molecule has 0 spiro atoms. The summed E-state index contributed by atoms with van der Waals surface area (Å²) in [6.07, 6.45) is 0.0919. The molecule has 0 bridgehead atoms. The Kier molecular flexibility index (Phi) is 6.41. The lowest BCUT2D eigenvalue weighted by atomic mass is 10.1. The molecule has 8 nitrogen and oxygen atoms in total. The Bertz CT molecular complexity index is 1210. The molecule has 1 aliphatic heterocycles. The van der Waals surface area contributed by atoms with Crippen molar-refractivity contribution < 1.29 is 19.1 Å². The molecule has 1 saturated heterocycles. The third kappa shape index (κ3) is 4.88. The zero-order valence-corrected chi connectivity index (χ0v) is 19.4. The molecular formula is C24H24N4O4S. The molecular weight excluding hydrogens is 440 g/mol. The van der Waals surface area contributed by atoms with Crippen LogP contribution in [-0.4, -0.2) is 36.4 Å². The van der Waals surface area contributed by atoms with Crippen molar-refractivity contribution in [3.63, 3.8) is 0 Å². The van der Waals surface area contributed by atoms with Crippen molar-refractivity contribution in [2.75, 3.05) is 29.2 Å². The summed E-state index contributed by atoms with van der Waals surface area (Å²) in [5.41, 5.74) is 2.85. The van der Waals surface area contributed by atoms with Gasteiger partial charge in [-0.25, -0.2) is 4.98 Å². The molecule has 2 heterocycles. The van der Waals surface area contributed by atoms with Crippen molar-refractivity contribution in [2.45, 2.75) is 20.3 Å². The van der Waals surface area contributed by atoms with E-state index in [1.165, 1.54) is 0 Å². The number of anilines is 3. The first kappa shape index (κ1) is 22.5. The lowest BCUT2D eigenvalue weighted by Gasteiger charge is -2.20. The number of nitrogens with zero attached hydrogens (tertiary/aromatic N) is 2. The number of nitrogens with one attached hydrogen (secondary N) is 2. The topological polar surface area (TPSA) is 101 Å². The third-order valence-corrected chi connectivity index (χ3v) is 6.46. The number of rotatable bonds is 6. The molecule has 2 N–H and O–H groups in total. The Balaban J connectivity index is 1.44. The average Bonchev–Trinajstić information content (AvgIpc) is 3.36. The van der Waals surface area contributed by atoms with E-state index in [0.29, 0.717) is 32.8 Å². The van der Waals surface area contributed by atoms with Crippen LogP contribution in [0.2, 0.25) is 0 Å². The van der Waals surface area contributed by atoms with Gasteiger partial charge in [0.2, 0.25) is 11.8 Å². The Morgan fingerprint density at radius 2 is 1.88 bits per heavy atom. The van der Waals surface area contributed by atoms with Crippen LogP contribution >= 0.6 is 11.3 Å². The summed E-state index contributed by atoms with van der Waals surface area (Å²) in [6.45, 7) is 3.90. The summed E-state index contributed by atoms with van der Waals surface area (Å²) in [5.74, 6) is -0.683. The molecule has 1 aliphatic rings. The van der Waals surface area contributed by atoms with Crippen LogP contribution in [0.4, 0.5) is 16.5 Å². The molecule has 0 aliphatic carbocycles. The summed E-state index contributed by atoms with van der Waals surface area (Å²) in [4.78, 5) is 44.5. The average molecular weight is 465 g/mol. The van der Waals surface area contributed by atoms with Gasteiger partial charge in [0.1, 0.15) is 10.6 Å². The number of thiazole rings is 1. The normalized spacial score (nSPS) is 15.4. The maximum Gasteiger partial charge on any atom is 0.267 e. The van der Waals surface area contributed by atoms with Gasteiger partial charge in [0.15, 0.2) is 5.13 Å². The van der Waals surface area contributed by atoms with Gasteiger partial charge < -0.3 is 20.3 Å². The number of benzene rings is 2. The number of para-hydroxylation sites is 1. The van der Waals surface area contributed by atoms with Crippen molar-refractivity contribution >= 4 is 45.6 Å². The molecule has 3 aromatic rings. The number of methoxy groups -OCH3 is 1. The molecule has 9 heteroatoms. The van der Waals surface area contributed by atoms with Crippen molar-refractivity contribution in [1.82, 2.24) is 4.98 Å². The van der Waals surface area contributed by atoms with Gasteiger partial charge in [-0.1, -0.05) is 35.6 Å². The number of aromatic nitrogens is 1. The van der Waals surface area contributed by atoms with Gasteiger partial charge in [0.05, 0.1) is 24.4 Å². The third-order valence-electron chi connectivity index (χ3n) is 5.39. The fourth-order valence-electron chi connectivity index (χ4n) is 3.70. The van der Waals surface area contributed by atoms with Gasteiger partial charge in [0.25, 0.3) is 5.91 Å². The minimum atomic E-state index is -0.534. The maximum atomic E-state index is 12.9. The van der Waals surface area contributed by atoms with Gasteiger partial charge in [-0.3, -0.25) is 14.4 Å². The fourth-order valence-corrected chi connectivity index (χ4v) is 4.57. The van der Waals surface area contributed by atoms with Crippen molar-refractivity contribution in [1.29, 1.82) is 0 Å². The van der Waals surface area contributed by atoms with Crippen LogP contribution in [0.15, 0.2) is 48.5 Å². The van der Waals surface area contributed by atoms with Crippen molar-refractivity contribution in [2.24, 2.45) is 5.92 Å². The van der Waals surface area contributed by atoms with E-state index in [9.17, 15) is 14.4 Å². The van der Waals surface area contributed by atoms with E-state index >= 15 is 0 Å². The lowest BCUT2D eigenvalue weighted by Crippen LogP contribution is -2.28. The molecule has 0 saturated carbocycles. The fraction of sp³-hybridized carbons (Fsp3) is 0.250. The highest BCUT2D eigenvalue weighted by atomic mass is 32.1. The van der Waals surface area contributed by atoms with Gasteiger partial charge in [-0.05, 0) is 43.7 Å². The summed E-state index contributed by atoms with van der Waals surface area (Å²) in [5, 5.41) is 5.92. The highest BCUT2D eigenvalue weighted by molar-refractivity contribution is 7.17. The number of carbonyl (C=O) groups excluding carboxylic acids is 3. The van der Waals surface area contributed by atoms with E-state index in [4.69, 9.17) is 4.74 Å². The van der Waals surface area contributed by atoms with Gasteiger partial charge in [0, 0.05) is 18.7 Å². The molecule has 1 aromatic heterocycles. The number of hydrogen-bond donors (Lipinski definition) is 2. The van der Waals surface area contributed by atoms with Crippen LogP contribution < -0.4 is 20.3 Å². The number of aryl methyl sites for hydroxylation is 2. The van der Waals surface area contributed by atoms with Crippen LogP contribution in [0.3, 0.4) is 0 Å². The monoisotopic (exact) mass is 464 g/mol. The molecule has 4 rings (SSSR count). The Morgan fingerprint density at radius 3 is 2.61 bits per heavy atom. The van der Waals surface area contributed by atoms with Gasteiger partial charge >= 0.3 is 0 Å². The predicted molar refractivity (Wildman–Crippen MR) is 128 cm³/mol. The minimum Gasteiger partial charge on any atom is -0.495 e. The standard InChI is InChI=1S/C24H24N4O4S/c1-14-9-10-19(32-3)18(11-14)28-13-16(12-20(28)29)22(30)27-24-25-15(2)21(33-24)23(31)26-17-7-5-4-6-8-17/h4-11,16H,12-13H2,1-3H3,(H,26,31)(H,25,27,30). The summed E-state index contributed by atoms with van der Waals surface area (Å²) < 4.78 is 5.39. The smallest absolute Gasteiger partial charge is 0.267 e. The Morgan fingerprint density at radius 1 is 1.12 bits per heavy atom. The van der Waals surface area contributed by atoms with E-state index in [1.807, 2.05) is 43.3 Å². The first-order valence-corrected chi connectivity index (χ1v) is 11.3. The number of hydrogen-bond acceptors (Lipinski definition) is 6. The Hall–Kier alpha value is -3.72. The van der Waals surface area contributed by atoms with Crippen LogP contribution in [0.25, 0.3) is 0 Å². The van der Waals surface area contributed by atoms with E-state index < -0.39 is 5.92 Å². The Labute approximate surface area is 195 Å². The van der Waals surface area contributed by atoms with Crippen molar-refractivity contribution in [3.05, 3.63) is 64.7 Å². The molecule has 3 amide bonds. The first-order chi connectivity index (χ1) is 15.9. The van der Waals surface area contributed by atoms with E-state index in [0.717, 1.165) is 16.9 Å². The lowest BCUT2D eigenvalue weighted by molar-refractivity contribution is -0.122. The second-order valence-corrected chi connectivity index (χ2v) is 8.82. The highest BCUT2D eigenvalue weighted by Crippen LogP contribution is 2.34. The maximum absolute atomic E-state index is 12.9. The summed E-state index contributed by atoms with van der Waals surface area (Å²) >= 11 is 1.11. The largest absolute Gasteiger partial charge is 0.495 e. The molecule has 1 atom stereocenters. The molecule has 1 unspecified atom stereocenters. The molecule has 33 heavy (non-hydrogen) atoms. The molecule has 2 aromatic carbocycles. The van der Waals surface area contributed by atoms with E-state index in [1.54, 1.807) is 31.1 Å². The van der Waals surface area contributed by atoms with E-state index in [-0.39, 0.29) is 30.7 Å². The van der Waals surface area contributed by atoms with Gasteiger partial charge in [-0.2, -0.15) is 0 Å². The summed E-state index contributed by atoms with van der Waals surface area (Å²) in [6, 6.07) is 14.7. The number of carbonyl (C=O) groups is 3. The van der Waals surface area contributed by atoms with Crippen LogP contribution in [0.5, 0.6) is 5.75 Å². The molecule has 0 radical (unpaired) electrons. The van der Waals surface area contributed by atoms with Gasteiger partial charge in [-0.15, -0.1) is 0 Å². The number of ether oxygens (including phenoxy) is 1. The van der Waals surface area contributed by atoms with Crippen LogP contribution in [0, 0.1) is 19.8 Å². The van der Waals surface area contributed by atoms with Crippen LogP contribution in [0.1, 0.15) is 27.3 Å². The summed E-state index contributed by atoms with van der Waals surface area (Å²) in [7, 11) is 1.55. The van der Waals surface area contributed by atoms with Crippen molar-refractivity contribution in [3.8, 4) is 5.75 Å².